The van der Waals surface area contributed by atoms with Crippen LogP contribution in [0.3, 0.4) is 0 Å². The fourth-order valence-corrected chi connectivity index (χ4v) is 3.61. The summed E-state index contributed by atoms with van der Waals surface area (Å²) in [5, 5.41) is 4.40. The molecule has 0 aromatic rings. The van der Waals surface area contributed by atoms with E-state index in [1.807, 2.05) is 0 Å². The fourth-order valence-electron chi connectivity index (χ4n) is 2.45. The van der Waals surface area contributed by atoms with E-state index in [0.29, 0.717) is 0 Å². The average molecular weight is 214 g/mol. The molecule has 2 fully saturated rings. The molecule has 0 spiro atoms. The molecule has 0 aliphatic carbocycles. The minimum atomic E-state index is 0.760. The van der Waals surface area contributed by atoms with E-state index in [1.165, 1.54) is 38.2 Å². The molecule has 2 unspecified atom stereocenters. The second-order valence-electron chi connectivity index (χ2n) is 4.60. The molecular weight excluding hydrogens is 192 g/mol. The summed E-state index contributed by atoms with van der Waals surface area (Å²) < 4.78 is 0. The van der Waals surface area contributed by atoms with Crippen molar-refractivity contribution in [2.45, 2.75) is 44.0 Å². The van der Waals surface area contributed by atoms with Crippen LogP contribution in [0, 0.1) is 0 Å². The van der Waals surface area contributed by atoms with E-state index in [4.69, 9.17) is 0 Å². The van der Waals surface area contributed by atoms with Crippen LogP contribution >= 0.6 is 11.8 Å². The van der Waals surface area contributed by atoms with E-state index in [2.05, 4.69) is 35.8 Å². The van der Waals surface area contributed by atoms with Crippen molar-refractivity contribution >= 4 is 11.8 Å². The zero-order valence-electron chi connectivity index (χ0n) is 9.33. The Morgan fingerprint density at radius 1 is 1.43 bits per heavy atom. The first kappa shape index (κ1) is 10.8. The van der Waals surface area contributed by atoms with Crippen molar-refractivity contribution in [3.05, 3.63) is 0 Å². The van der Waals surface area contributed by atoms with Crippen molar-refractivity contribution < 1.29 is 0 Å². The van der Waals surface area contributed by atoms with Crippen molar-refractivity contribution in [1.29, 1.82) is 0 Å². The molecule has 0 aromatic heterocycles. The van der Waals surface area contributed by atoms with E-state index in [9.17, 15) is 0 Å². The Hall–Kier alpha value is 0.270. The monoisotopic (exact) mass is 214 g/mol. The Bertz CT molecular complexity index is 180. The SMILES string of the molecule is CC1SCCN(C[C@H]2CCCN2)C1C. The average Bonchev–Trinajstić information content (AvgIpc) is 2.66. The zero-order valence-corrected chi connectivity index (χ0v) is 10.1. The molecule has 2 heterocycles. The number of rotatable bonds is 2. The standard InChI is InChI=1S/C11H22N2S/c1-9-10(2)14-7-6-13(9)8-11-4-3-5-12-11/h9-12H,3-8H2,1-2H3/t9?,10?,11-/m1/s1. The van der Waals surface area contributed by atoms with Gasteiger partial charge in [-0.15, -0.1) is 0 Å². The molecule has 3 heteroatoms. The van der Waals surface area contributed by atoms with E-state index >= 15 is 0 Å². The van der Waals surface area contributed by atoms with E-state index in [0.717, 1.165) is 17.3 Å². The van der Waals surface area contributed by atoms with Gasteiger partial charge in [0, 0.05) is 36.2 Å². The predicted molar refractivity (Wildman–Crippen MR) is 64.0 cm³/mol. The molecule has 2 aliphatic heterocycles. The summed E-state index contributed by atoms with van der Waals surface area (Å²) in [6.45, 7) is 8.53. The molecule has 1 N–H and O–H groups in total. The van der Waals surface area contributed by atoms with Crippen LogP contribution in [-0.2, 0) is 0 Å². The second kappa shape index (κ2) is 4.86. The molecule has 2 aliphatic rings. The van der Waals surface area contributed by atoms with Gasteiger partial charge in [-0.25, -0.2) is 0 Å². The smallest absolute Gasteiger partial charge is 0.0195 e. The molecule has 0 aromatic carbocycles. The van der Waals surface area contributed by atoms with Crippen LogP contribution in [0.25, 0.3) is 0 Å². The van der Waals surface area contributed by atoms with Gasteiger partial charge in [-0.05, 0) is 26.3 Å². The van der Waals surface area contributed by atoms with Gasteiger partial charge in [0.2, 0.25) is 0 Å². The molecule has 0 saturated carbocycles. The number of nitrogens with zero attached hydrogens (tertiary/aromatic N) is 1. The van der Waals surface area contributed by atoms with Crippen molar-refractivity contribution in [1.82, 2.24) is 10.2 Å². The summed E-state index contributed by atoms with van der Waals surface area (Å²) in [6.07, 6.45) is 2.75. The van der Waals surface area contributed by atoms with Gasteiger partial charge >= 0.3 is 0 Å². The first-order chi connectivity index (χ1) is 6.77. The summed E-state index contributed by atoms with van der Waals surface area (Å²) in [5.74, 6) is 1.32. The lowest BCUT2D eigenvalue weighted by molar-refractivity contribution is 0.195. The Morgan fingerprint density at radius 2 is 2.29 bits per heavy atom. The third kappa shape index (κ3) is 2.44. The van der Waals surface area contributed by atoms with Crippen molar-refractivity contribution in [3.8, 4) is 0 Å². The lowest BCUT2D eigenvalue weighted by Crippen LogP contribution is -2.49. The molecule has 2 rings (SSSR count). The quantitative estimate of drug-likeness (QED) is 0.751. The summed E-state index contributed by atoms with van der Waals surface area (Å²) in [4.78, 5) is 2.67. The number of hydrogen-bond acceptors (Lipinski definition) is 3. The van der Waals surface area contributed by atoms with Crippen LogP contribution in [0.1, 0.15) is 26.7 Å². The molecule has 0 bridgehead atoms. The lowest BCUT2D eigenvalue weighted by Gasteiger charge is -2.38. The third-order valence-electron chi connectivity index (χ3n) is 3.63. The molecule has 0 amide bonds. The largest absolute Gasteiger partial charge is 0.313 e. The van der Waals surface area contributed by atoms with Crippen molar-refractivity contribution in [2.24, 2.45) is 0 Å². The van der Waals surface area contributed by atoms with Gasteiger partial charge < -0.3 is 5.32 Å². The molecule has 82 valence electrons. The van der Waals surface area contributed by atoms with E-state index in [-0.39, 0.29) is 0 Å². The van der Waals surface area contributed by atoms with E-state index in [1.54, 1.807) is 0 Å². The predicted octanol–water partition coefficient (Wildman–Crippen LogP) is 1.56. The van der Waals surface area contributed by atoms with Crippen LogP contribution < -0.4 is 5.32 Å². The molecule has 3 atom stereocenters. The fraction of sp³-hybridized carbons (Fsp3) is 1.00. The van der Waals surface area contributed by atoms with Gasteiger partial charge in [0.25, 0.3) is 0 Å². The zero-order chi connectivity index (χ0) is 9.97. The van der Waals surface area contributed by atoms with Gasteiger partial charge in [-0.3, -0.25) is 4.90 Å². The van der Waals surface area contributed by atoms with Gasteiger partial charge in [-0.2, -0.15) is 11.8 Å². The highest BCUT2D eigenvalue weighted by molar-refractivity contribution is 8.00. The van der Waals surface area contributed by atoms with Crippen LogP contribution in [-0.4, -0.2) is 47.6 Å². The van der Waals surface area contributed by atoms with Crippen LogP contribution in [0.4, 0.5) is 0 Å². The maximum absolute atomic E-state index is 3.59. The number of nitrogens with one attached hydrogen (secondary N) is 1. The Balaban J connectivity index is 1.83. The topological polar surface area (TPSA) is 15.3 Å². The molecule has 2 saturated heterocycles. The highest BCUT2D eigenvalue weighted by atomic mass is 32.2. The van der Waals surface area contributed by atoms with Gasteiger partial charge in [0.15, 0.2) is 0 Å². The Labute approximate surface area is 91.8 Å². The van der Waals surface area contributed by atoms with Crippen molar-refractivity contribution in [3.63, 3.8) is 0 Å². The maximum atomic E-state index is 3.59. The maximum Gasteiger partial charge on any atom is 0.0195 e. The molecular formula is C11H22N2S. The van der Waals surface area contributed by atoms with Gasteiger partial charge in [0.05, 0.1) is 0 Å². The highest BCUT2D eigenvalue weighted by Crippen LogP contribution is 2.24. The lowest BCUT2D eigenvalue weighted by atomic mass is 10.1. The number of hydrogen-bond donors (Lipinski definition) is 1. The molecule has 14 heavy (non-hydrogen) atoms. The highest BCUT2D eigenvalue weighted by Gasteiger charge is 2.27. The van der Waals surface area contributed by atoms with Crippen LogP contribution in [0.5, 0.6) is 0 Å². The molecule has 0 radical (unpaired) electrons. The first-order valence-corrected chi connectivity index (χ1v) is 6.91. The Morgan fingerprint density at radius 3 is 3.00 bits per heavy atom. The summed E-state index contributed by atoms with van der Waals surface area (Å²) >= 11 is 2.13. The summed E-state index contributed by atoms with van der Waals surface area (Å²) in [5.41, 5.74) is 0. The minimum Gasteiger partial charge on any atom is -0.313 e. The third-order valence-corrected chi connectivity index (χ3v) is 4.97. The number of thioether (sulfide) groups is 1. The van der Waals surface area contributed by atoms with E-state index < -0.39 is 0 Å². The van der Waals surface area contributed by atoms with Gasteiger partial charge in [-0.1, -0.05) is 6.92 Å². The van der Waals surface area contributed by atoms with Gasteiger partial charge in [0.1, 0.15) is 0 Å². The second-order valence-corrected chi connectivity index (χ2v) is 6.09. The normalized spacial score (nSPS) is 40.3. The van der Waals surface area contributed by atoms with Crippen LogP contribution in [0.2, 0.25) is 0 Å². The van der Waals surface area contributed by atoms with Crippen molar-refractivity contribution in [2.75, 3.05) is 25.4 Å². The summed E-state index contributed by atoms with van der Waals surface area (Å²) in [7, 11) is 0. The molecule has 2 nitrogen and oxygen atoms in total. The summed E-state index contributed by atoms with van der Waals surface area (Å²) in [6, 6.07) is 1.53. The minimum absolute atomic E-state index is 0.760. The Kier molecular flexibility index (Phi) is 3.74. The van der Waals surface area contributed by atoms with Crippen LogP contribution in [0.15, 0.2) is 0 Å². The first-order valence-electron chi connectivity index (χ1n) is 5.86.